The average molecular weight is 638 g/mol. The minimum atomic E-state index is -3.70. The normalized spacial score (nSPS) is 14.0. The minimum absolute atomic E-state index is 0.00172. The Morgan fingerprint density at radius 1 is 1.07 bits per heavy atom. The second-order valence-electron chi connectivity index (χ2n) is 11.5. The van der Waals surface area contributed by atoms with E-state index in [0.29, 0.717) is 53.0 Å². The number of rotatable bonds is 9. The van der Waals surface area contributed by atoms with Crippen molar-refractivity contribution in [3.05, 3.63) is 71.1 Å². The summed E-state index contributed by atoms with van der Waals surface area (Å²) in [7, 11) is -3.70. The lowest BCUT2D eigenvalue weighted by Crippen LogP contribution is -2.46. The first kappa shape index (κ1) is 31.5. The quantitative estimate of drug-likeness (QED) is 0.215. The molecule has 5 rings (SSSR count). The number of thiazole rings is 1. The van der Waals surface area contributed by atoms with E-state index in [1.54, 1.807) is 43.5 Å². The van der Waals surface area contributed by atoms with Gasteiger partial charge >= 0.3 is 0 Å². The van der Waals surface area contributed by atoms with Crippen molar-refractivity contribution >= 4 is 44.6 Å². The number of piperazine rings is 1. The number of aromatic nitrogens is 3. The van der Waals surface area contributed by atoms with Crippen LogP contribution in [-0.4, -0.2) is 66.1 Å². The van der Waals surface area contributed by atoms with Gasteiger partial charge in [0.25, 0.3) is 5.91 Å². The number of carbonyl (C=O) groups excluding carboxylic acids is 1. The van der Waals surface area contributed by atoms with Gasteiger partial charge < -0.3 is 15.5 Å². The molecular weight excluding hydrogens is 602 g/mol. The van der Waals surface area contributed by atoms with Gasteiger partial charge in [-0.2, -0.15) is 0 Å². The molecule has 0 saturated carbocycles. The molecule has 2 aromatic heterocycles. The summed E-state index contributed by atoms with van der Waals surface area (Å²) in [6, 6.07) is 13.5. The van der Waals surface area contributed by atoms with Crippen molar-refractivity contribution in [3.63, 3.8) is 0 Å². The topological polar surface area (TPSA) is 129 Å². The van der Waals surface area contributed by atoms with Gasteiger partial charge in [-0.1, -0.05) is 33.8 Å². The van der Waals surface area contributed by atoms with Crippen LogP contribution in [0.25, 0.3) is 21.8 Å². The Balaban J connectivity index is 1.45. The molecule has 1 amide bonds. The summed E-state index contributed by atoms with van der Waals surface area (Å²) in [5.74, 6) is -0.499. The molecule has 10 nitrogen and oxygen atoms in total. The van der Waals surface area contributed by atoms with Crippen LogP contribution in [0.1, 0.15) is 49.5 Å². The Labute approximate surface area is 261 Å². The number of nitrogens with one attached hydrogen (secondary N) is 3. The molecule has 3 N–H and O–H groups in total. The summed E-state index contributed by atoms with van der Waals surface area (Å²) in [4.78, 5) is 29.2. The Morgan fingerprint density at radius 3 is 2.48 bits per heavy atom. The molecule has 4 aromatic rings. The largest absolute Gasteiger partial charge is 0.336 e. The van der Waals surface area contributed by atoms with Crippen LogP contribution < -0.4 is 15.4 Å². The zero-order chi connectivity index (χ0) is 31.5. The summed E-state index contributed by atoms with van der Waals surface area (Å²) < 4.78 is 43.0. The minimum Gasteiger partial charge on any atom is -0.336 e. The number of halogens is 1. The van der Waals surface area contributed by atoms with E-state index in [4.69, 9.17) is 9.97 Å². The highest BCUT2D eigenvalue weighted by molar-refractivity contribution is 7.92. The molecule has 0 unspecified atom stereocenters. The fourth-order valence-corrected chi connectivity index (χ4v) is 6.94. The first-order valence-corrected chi connectivity index (χ1v) is 16.9. The van der Waals surface area contributed by atoms with Crippen LogP contribution in [0.3, 0.4) is 0 Å². The molecule has 0 atom stereocenters. The van der Waals surface area contributed by atoms with Crippen molar-refractivity contribution in [2.75, 3.05) is 42.0 Å². The van der Waals surface area contributed by atoms with Crippen molar-refractivity contribution in [2.24, 2.45) is 0 Å². The lowest BCUT2D eigenvalue weighted by molar-refractivity contribution is 0.0736. The SMILES string of the molecule is CCCS(=O)(=O)Nc1cccc(-c2nc(C(C)(C)C)sc2-c2ccnc(Nc3ccc(C(=O)N4CCNCC4)cc3)n2)c1F. The number of sulfonamides is 1. The number of carbonyl (C=O) groups is 1. The maximum atomic E-state index is 15.9. The summed E-state index contributed by atoms with van der Waals surface area (Å²) >= 11 is 1.40. The second-order valence-corrected chi connectivity index (χ2v) is 14.4. The zero-order valence-electron chi connectivity index (χ0n) is 25.1. The van der Waals surface area contributed by atoms with Crippen molar-refractivity contribution in [2.45, 2.75) is 39.5 Å². The summed E-state index contributed by atoms with van der Waals surface area (Å²) in [5, 5.41) is 7.21. The molecular formula is C31H36FN7O3S2. The molecule has 1 aliphatic heterocycles. The third-order valence-corrected chi connectivity index (χ3v) is 9.92. The summed E-state index contributed by atoms with van der Waals surface area (Å²) in [5.41, 5.74) is 1.93. The van der Waals surface area contributed by atoms with Gasteiger partial charge in [0.05, 0.1) is 32.7 Å². The Bertz CT molecular complexity index is 1750. The van der Waals surface area contributed by atoms with Gasteiger partial charge in [-0.3, -0.25) is 9.52 Å². The fourth-order valence-electron chi connectivity index (χ4n) is 4.70. The van der Waals surface area contributed by atoms with Crippen LogP contribution in [0.2, 0.25) is 0 Å². The maximum Gasteiger partial charge on any atom is 0.253 e. The molecule has 0 aliphatic carbocycles. The van der Waals surface area contributed by atoms with Crippen molar-refractivity contribution < 1.29 is 17.6 Å². The predicted molar refractivity (Wildman–Crippen MR) is 173 cm³/mol. The van der Waals surface area contributed by atoms with Crippen LogP contribution in [0.5, 0.6) is 0 Å². The predicted octanol–water partition coefficient (Wildman–Crippen LogP) is 5.64. The first-order valence-electron chi connectivity index (χ1n) is 14.5. The lowest BCUT2D eigenvalue weighted by Gasteiger charge is -2.27. The Hall–Kier alpha value is -3.94. The van der Waals surface area contributed by atoms with E-state index in [-0.39, 0.29) is 28.3 Å². The van der Waals surface area contributed by atoms with Crippen LogP contribution in [0, 0.1) is 5.82 Å². The van der Waals surface area contributed by atoms with E-state index < -0.39 is 15.8 Å². The van der Waals surface area contributed by atoms with Crippen LogP contribution in [-0.2, 0) is 15.4 Å². The number of hydrogen-bond acceptors (Lipinski definition) is 9. The Kier molecular flexibility index (Phi) is 9.28. The van der Waals surface area contributed by atoms with Crippen molar-refractivity contribution in [3.8, 4) is 21.8 Å². The van der Waals surface area contributed by atoms with E-state index in [1.165, 1.54) is 17.4 Å². The second kappa shape index (κ2) is 13.0. The molecule has 232 valence electrons. The third kappa shape index (κ3) is 7.22. The van der Waals surface area contributed by atoms with Gasteiger partial charge in [0, 0.05) is 54.6 Å². The third-order valence-electron chi connectivity index (χ3n) is 6.94. The van der Waals surface area contributed by atoms with E-state index >= 15 is 4.39 Å². The molecule has 1 aliphatic rings. The van der Waals surface area contributed by atoms with Crippen molar-refractivity contribution in [1.29, 1.82) is 0 Å². The van der Waals surface area contributed by atoms with Gasteiger partial charge in [0.2, 0.25) is 16.0 Å². The zero-order valence-corrected chi connectivity index (χ0v) is 26.8. The molecule has 0 bridgehead atoms. The number of nitrogens with zero attached hydrogens (tertiary/aromatic N) is 4. The highest BCUT2D eigenvalue weighted by Gasteiger charge is 2.27. The van der Waals surface area contributed by atoms with Crippen LogP contribution in [0.4, 0.5) is 21.7 Å². The van der Waals surface area contributed by atoms with E-state index in [2.05, 4.69) is 20.3 Å². The Morgan fingerprint density at radius 2 is 1.80 bits per heavy atom. The molecule has 0 spiro atoms. The number of hydrogen-bond donors (Lipinski definition) is 3. The van der Waals surface area contributed by atoms with E-state index in [9.17, 15) is 13.2 Å². The summed E-state index contributed by atoms with van der Waals surface area (Å²) in [6.45, 7) is 10.7. The highest BCUT2D eigenvalue weighted by Crippen LogP contribution is 2.42. The van der Waals surface area contributed by atoms with Gasteiger partial charge in [-0.15, -0.1) is 11.3 Å². The molecule has 1 saturated heterocycles. The molecule has 13 heteroatoms. The molecule has 2 aromatic carbocycles. The van der Waals surface area contributed by atoms with Gasteiger partial charge in [0.15, 0.2) is 5.82 Å². The van der Waals surface area contributed by atoms with E-state index in [1.807, 2.05) is 37.8 Å². The molecule has 3 heterocycles. The number of amides is 1. The fraction of sp³-hybridized carbons (Fsp3) is 0.355. The van der Waals surface area contributed by atoms with Crippen molar-refractivity contribution in [1.82, 2.24) is 25.2 Å². The standard InChI is InChI=1S/C31H36FN7O3S2/c1-5-19-44(41,42)38-23-8-6-7-22(25(23)32)26-27(43-29(37-26)31(2,3)4)24-13-14-34-30(36-24)35-21-11-9-20(10-12-21)28(40)39-17-15-33-16-18-39/h6-14,33,38H,5,15-19H2,1-4H3,(H,34,35,36). The number of anilines is 3. The van der Waals surface area contributed by atoms with Gasteiger partial charge in [0.1, 0.15) is 0 Å². The lowest BCUT2D eigenvalue weighted by atomic mass is 9.98. The molecule has 44 heavy (non-hydrogen) atoms. The van der Waals surface area contributed by atoms with Crippen LogP contribution >= 0.6 is 11.3 Å². The van der Waals surface area contributed by atoms with Gasteiger partial charge in [-0.05, 0) is 48.9 Å². The first-order chi connectivity index (χ1) is 20.9. The smallest absolute Gasteiger partial charge is 0.253 e. The molecule has 0 radical (unpaired) electrons. The highest BCUT2D eigenvalue weighted by atomic mass is 32.2. The van der Waals surface area contributed by atoms with Gasteiger partial charge in [-0.25, -0.2) is 27.8 Å². The molecule has 1 fully saturated rings. The van der Waals surface area contributed by atoms with E-state index in [0.717, 1.165) is 18.1 Å². The number of benzene rings is 2. The monoisotopic (exact) mass is 637 g/mol. The summed E-state index contributed by atoms with van der Waals surface area (Å²) in [6.07, 6.45) is 2.02. The van der Waals surface area contributed by atoms with Crippen LogP contribution in [0.15, 0.2) is 54.7 Å². The average Bonchev–Trinajstić information content (AvgIpc) is 3.45. The maximum absolute atomic E-state index is 15.9.